The number of piperazine rings is 1. The van der Waals surface area contributed by atoms with Crippen molar-refractivity contribution in [2.24, 2.45) is 5.41 Å². The fraction of sp³-hybridized carbons (Fsp3) is 0.875. The third-order valence-corrected chi connectivity index (χ3v) is 4.96. The highest BCUT2D eigenvalue weighted by atomic mass is 15.2. The highest BCUT2D eigenvalue weighted by Gasteiger charge is 2.28. The molecule has 2 aliphatic rings. The average Bonchev–Trinajstić information content (AvgIpc) is 2.30. The van der Waals surface area contributed by atoms with Crippen LogP contribution in [-0.2, 0) is 0 Å². The van der Waals surface area contributed by atoms with Crippen LogP contribution < -0.4 is 0 Å². The zero-order valence-corrected chi connectivity index (χ0v) is 12.8. The molecule has 1 aliphatic heterocycles. The smallest absolute Gasteiger partial charge is 0.0110 e. The Hall–Kier alpha value is -0.340. The molecule has 0 aromatic rings. The topological polar surface area (TPSA) is 6.48 Å². The fourth-order valence-electron chi connectivity index (χ4n) is 3.57. The van der Waals surface area contributed by atoms with Crippen LogP contribution in [0.3, 0.4) is 0 Å². The van der Waals surface area contributed by atoms with E-state index in [0.29, 0.717) is 5.41 Å². The molecule has 0 aromatic heterocycles. The first kappa shape index (κ1) is 14.1. The molecule has 0 radical (unpaired) electrons. The predicted octanol–water partition coefficient (Wildman–Crippen LogP) is 3.15. The molecule has 0 atom stereocenters. The summed E-state index contributed by atoms with van der Waals surface area (Å²) in [4.78, 5) is 5.08. The first-order valence-electron chi connectivity index (χ1n) is 7.59. The molecular weight excluding hydrogens is 220 g/mol. The predicted molar refractivity (Wildman–Crippen MR) is 78.9 cm³/mol. The monoisotopic (exact) mass is 250 g/mol. The van der Waals surface area contributed by atoms with Crippen molar-refractivity contribution < 1.29 is 0 Å². The van der Waals surface area contributed by atoms with Gasteiger partial charge in [-0.05, 0) is 45.1 Å². The number of likely N-dealkylation sites (N-methyl/N-ethyl adjacent to an activating group) is 1. The Balaban J connectivity index is 1.89. The minimum Gasteiger partial charge on any atom is -0.304 e. The summed E-state index contributed by atoms with van der Waals surface area (Å²) < 4.78 is 0. The van der Waals surface area contributed by atoms with Crippen molar-refractivity contribution in [2.75, 3.05) is 39.8 Å². The molecule has 0 spiro atoms. The van der Waals surface area contributed by atoms with Gasteiger partial charge in [-0.1, -0.05) is 25.0 Å². The van der Waals surface area contributed by atoms with Gasteiger partial charge in [-0.2, -0.15) is 0 Å². The zero-order chi connectivity index (χ0) is 13.2. The summed E-state index contributed by atoms with van der Waals surface area (Å²) in [5, 5.41) is 0. The fourth-order valence-corrected chi connectivity index (χ4v) is 3.57. The molecule has 2 rings (SSSR count). The molecule has 0 N–H and O–H groups in total. The van der Waals surface area contributed by atoms with Gasteiger partial charge in [-0.15, -0.1) is 0 Å². The lowest BCUT2D eigenvalue weighted by atomic mass is 9.71. The largest absolute Gasteiger partial charge is 0.304 e. The minimum absolute atomic E-state index is 0.453. The van der Waals surface area contributed by atoms with Crippen LogP contribution in [0, 0.1) is 5.41 Å². The Morgan fingerprint density at radius 2 is 1.78 bits per heavy atom. The van der Waals surface area contributed by atoms with E-state index < -0.39 is 0 Å². The Labute approximate surface area is 113 Å². The summed E-state index contributed by atoms with van der Waals surface area (Å²) >= 11 is 0. The van der Waals surface area contributed by atoms with Gasteiger partial charge >= 0.3 is 0 Å². The Morgan fingerprint density at radius 3 is 2.39 bits per heavy atom. The zero-order valence-electron chi connectivity index (χ0n) is 12.8. The Morgan fingerprint density at radius 1 is 1.11 bits per heavy atom. The van der Waals surface area contributed by atoms with Crippen LogP contribution in [-0.4, -0.2) is 49.6 Å². The SMILES string of the molecule is CC1=C(CCN2CCN(C)CC2)C(C)(C)CCC1. The van der Waals surface area contributed by atoms with Crippen molar-refractivity contribution in [1.29, 1.82) is 0 Å². The first-order chi connectivity index (χ1) is 8.49. The van der Waals surface area contributed by atoms with Crippen LogP contribution in [0.15, 0.2) is 11.1 Å². The Bertz CT molecular complexity index is 309. The first-order valence-corrected chi connectivity index (χ1v) is 7.59. The van der Waals surface area contributed by atoms with Gasteiger partial charge in [-0.25, -0.2) is 0 Å². The standard InChI is InChI=1S/C16H30N2/c1-14-6-5-8-16(2,3)15(14)7-9-18-12-10-17(4)11-13-18/h5-13H2,1-4H3. The molecule has 0 saturated carbocycles. The average molecular weight is 250 g/mol. The van der Waals surface area contributed by atoms with Crippen LogP contribution in [0.25, 0.3) is 0 Å². The molecule has 1 aliphatic carbocycles. The van der Waals surface area contributed by atoms with Crippen molar-refractivity contribution in [3.8, 4) is 0 Å². The van der Waals surface area contributed by atoms with Gasteiger partial charge < -0.3 is 9.80 Å². The molecule has 1 heterocycles. The van der Waals surface area contributed by atoms with Gasteiger partial charge in [0.05, 0.1) is 0 Å². The molecule has 2 heteroatoms. The summed E-state index contributed by atoms with van der Waals surface area (Å²) in [7, 11) is 2.23. The molecule has 1 saturated heterocycles. The molecule has 2 nitrogen and oxygen atoms in total. The van der Waals surface area contributed by atoms with Crippen molar-refractivity contribution >= 4 is 0 Å². The van der Waals surface area contributed by atoms with Crippen LogP contribution in [0.2, 0.25) is 0 Å². The van der Waals surface area contributed by atoms with Gasteiger partial charge in [0.25, 0.3) is 0 Å². The molecule has 104 valence electrons. The van der Waals surface area contributed by atoms with E-state index in [-0.39, 0.29) is 0 Å². The molecule has 1 fully saturated rings. The molecule has 0 aromatic carbocycles. The van der Waals surface area contributed by atoms with Gasteiger partial charge in [0.2, 0.25) is 0 Å². The number of hydrogen-bond donors (Lipinski definition) is 0. The lowest BCUT2D eigenvalue weighted by Gasteiger charge is -2.37. The molecule has 0 amide bonds. The minimum atomic E-state index is 0.453. The van der Waals surface area contributed by atoms with Crippen LogP contribution in [0.5, 0.6) is 0 Å². The van der Waals surface area contributed by atoms with Crippen molar-refractivity contribution in [2.45, 2.75) is 46.5 Å². The van der Waals surface area contributed by atoms with Crippen molar-refractivity contribution in [3.05, 3.63) is 11.1 Å². The molecule has 18 heavy (non-hydrogen) atoms. The van der Waals surface area contributed by atoms with Crippen molar-refractivity contribution in [3.63, 3.8) is 0 Å². The second kappa shape index (κ2) is 5.75. The lowest BCUT2D eigenvalue weighted by Crippen LogP contribution is -2.45. The van der Waals surface area contributed by atoms with Crippen molar-refractivity contribution in [1.82, 2.24) is 9.80 Å². The second-order valence-electron chi connectivity index (χ2n) is 6.89. The maximum absolute atomic E-state index is 2.64. The number of rotatable bonds is 3. The number of nitrogens with zero attached hydrogens (tertiary/aromatic N) is 2. The van der Waals surface area contributed by atoms with E-state index in [2.05, 4.69) is 37.6 Å². The maximum atomic E-state index is 2.64. The summed E-state index contributed by atoms with van der Waals surface area (Å²) in [6, 6.07) is 0. The molecular formula is C16H30N2. The normalized spacial score (nSPS) is 26.7. The van der Waals surface area contributed by atoms with Gasteiger partial charge in [-0.3, -0.25) is 0 Å². The summed E-state index contributed by atoms with van der Waals surface area (Å²) in [5.41, 5.74) is 3.89. The molecule has 0 unspecified atom stereocenters. The van der Waals surface area contributed by atoms with Crippen LogP contribution >= 0.6 is 0 Å². The number of allylic oxidation sites excluding steroid dienone is 1. The third kappa shape index (κ3) is 3.36. The van der Waals surface area contributed by atoms with E-state index >= 15 is 0 Å². The Kier molecular flexibility index (Phi) is 4.50. The highest BCUT2D eigenvalue weighted by Crippen LogP contribution is 2.41. The van der Waals surface area contributed by atoms with E-state index in [1.54, 1.807) is 11.1 Å². The van der Waals surface area contributed by atoms with E-state index in [1.165, 1.54) is 58.4 Å². The summed E-state index contributed by atoms with van der Waals surface area (Å²) in [6.45, 7) is 13.5. The van der Waals surface area contributed by atoms with Gasteiger partial charge in [0, 0.05) is 32.7 Å². The summed E-state index contributed by atoms with van der Waals surface area (Å²) in [6.07, 6.45) is 5.39. The second-order valence-corrected chi connectivity index (χ2v) is 6.89. The van der Waals surface area contributed by atoms with E-state index in [0.717, 1.165) is 0 Å². The van der Waals surface area contributed by atoms with Crippen LogP contribution in [0.4, 0.5) is 0 Å². The van der Waals surface area contributed by atoms with Crippen LogP contribution in [0.1, 0.15) is 46.5 Å². The lowest BCUT2D eigenvalue weighted by molar-refractivity contribution is 0.152. The quantitative estimate of drug-likeness (QED) is 0.710. The summed E-state index contributed by atoms with van der Waals surface area (Å²) in [5.74, 6) is 0. The van der Waals surface area contributed by atoms with E-state index in [1.807, 2.05) is 0 Å². The highest BCUT2D eigenvalue weighted by molar-refractivity contribution is 5.22. The van der Waals surface area contributed by atoms with Gasteiger partial charge in [0.1, 0.15) is 0 Å². The van der Waals surface area contributed by atoms with Gasteiger partial charge in [0.15, 0.2) is 0 Å². The number of hydrogen-bond acceptors (Lipinski definition) is 2. The maximum Gasteiger partial charge on any atom is 0.0110 e. The molecule has 0 bridgehead atoms. The van der Waals surface area contributed by atoms with E-state index in [9.17, 15) is 0 Å². The third-order valence-electron chi connectivity index (χ3n) is 4.96. The van der Waals surface area contributed by atoms with E-state index in [4.69, 9.17) is 0 Å².